The number of rotatable bonds is 1. The second-order valence-electron chi connectivity index (χ2n) is 1.80. The van der Waals surface area contributed by atoms with Crippen LogP contribution in [0.25, 0.3) is 0 Å². The molecule has 2 nitrogen and oxygen atoms in total. The minimum Gasteiger partial charge on any atom is -0.302 e. The van der Waals surface area contributed by atoms with Gasteiger partial charge in [0.1, 0.15) is 4.90 Å². The van der Waals surface area contributed by atoms with Crippen molar-refractivity contribution >= 4 is 27.0 Å². The highest BCUT2D eigenvalue weighted by atomic mass is 79.9. The van der Waals surface area contributed by atoms with E-state index in [2.05, 4.69) is 15.9 Å². The summed E-state index contributed by atoms with van der Waals surface area (Å²) in [5.41, 5.74) is 0. The Labute approximate surface area is 73.8 Å². The summed E-state index contributed by atoms with van der Waals surface area (Å²) in [7, 11) is 0. The highest BCUT2D eigenvalue weighted by Gasteiger charge is 2.09. The largest absolute Gasteiger partial charge is 0.302 e. The average Bonchev–Trinajstić information content (AvgIpc) is 1.94. The Balaban J connectivity index is 3.27. The lowest BCUT2D eigenvalue weighted by molar-refractivity contribution is 0.542. The van der Waals surface area contributed by atoms with Crippen molar-refractivity contribution in [3.63, 3.8) is 0 Å². The molecule has 1 atom stereocenters. The van der Waals surface area contributed by atoms with Crippen molar-refractivity contribution in [1.29, 1.82) is 0 Å². The minimum atomic E-state index is -2.26. The van der Waals surface area contributed by atoms with E-state index in [4.69, 9.17) is 4.55 Å². The quantitative estimate of drug-likeness (QED) is 0.762. The molecule has 0 bridgehead atoms. The molecular weight excluding hydrogens is 235 g/mol. The van der Waals surface area contributed by atoms with Crippen LogP contribution in [0.1, 0.15) is 0 Å². The summed E-state index contributed by atoms with van der Waals surface area (Å²) in [6.45, 7) is 0. The zero-order valence-electron chi connectivity index (χ0n) is 5.25. The number of hydrogen-bond donors (Lipinski definition) is 1. The van der Waals surface area contributed by atoms with Crippen LogP contribution in [-0.2, 0) is 11.1 Å². The summed E-state index contributed by atoms with van der Waals surface area (Å²) >= 11 is 0.638. The third-order valence-corrected chi connectivity index (χ3v) is 2.41. The van der Waals surface area contributed by atoms with Crippen LogP contribution in [0.5, 0.6) is 0 Å². The first-order valence-electron chi connectivity index (χ1n) is 2.68. The zero-order valence-corrected chi connectivity index (χ0v) is 7.65. The van der Waals surface area contributed by atoms with Gasteiger partial charge in [-0.05, 0) is 28.1 Å². The Morgan fingerprint density at radius 3 is 2.64 bits per heavy atom. The number of benzene rings is 1. The maximum atomic E-state index is 12.9. The van der Waals surface area contributed by atoms with Crippen LogP contribution in [-0.4, -0.2) is 8.76 Å². The van der Waals surface area contributed by atoms with E-state index in [1.807, 2.05) is 0 Å². The molecule has 1 aromatic rings. The van der Waals surface area contributed by atoms with Gasteiger partial charge < -0.3 is 4.55 Å². The molecule has 0 aliphatic carbocycles. The Morgan fingerprint density at radius 2 is 2.18 bits per heavy atom. The summed E-state index contributed by atoms with van der Waals surface area (Å²) < 4.78 is 32.0. The van der Waals surface area contributed by atoms with Gasteiger partial charge in [0.25, 0.3) is 0 Å². The second-order valence-corrected chi connectivity index (χ2v) is 3.59. The Morgan fingerprint density at radius 1 is 1.55 bits per heavy atom. The summed E-state index contributed by atoms with van der Waals surface area (Å²) in [4.78, 5) is -0.209. The van der Waals surface area contributed by atoms with Gasteiger partial charge in [0, 0.05) is 0 Å². The van der Waals surface area contributed by atoms with E-state index in [-0.39, 0.29) is 9.37 Å². The van der Waals surface area contributed by atoms with Gasteiger partial charge >= 0.3 is 0 Å². The molecule has 0 aromatic heterocycles. The van der Waals surface area contributed by atoms with Gasteiger partial charge in [0.15, 0.2) is 16.9 Å². The summed E-state index contributed by atoms with van der Waals surface area (Å²) in [6, 6.07) is 4.22. The topological polar surface area (TPSA) is 37.3 Å². The molecule has 0 heterocycles. The fraction of sp³-hybridized carbons (Fsp3) is 0. The molecule has 0 saturated carbocycles. The molecule has 1 N–H and O–H groups in total. The van der Waals surface area contributed by atoms with E-state index in [1.54, 1.807) is 0 Å². The van der Waals surface area contributed by atoms with Crippen LogP contribution in [0.3, 0.4) is 0 Å². The first kappa shape index (κ1) is 8.83. The van der Waals surface area contributed by atoms with E-state index < -0.39 is 16.9 Å². The lowest BCUT2D eigenvalue weighted by atomic mass is 10.3. The van der Waals surface area contributed by atoms with Crippen LogP contribution in [0.4, 0.5) is 4.39 Å². The van der Waals surface area contributed by atoms with Crippen LogP contribution in [0.2, 0.25) is 0 Å². The molecule has 60 valence electrons. The monoisotopic (exact) mass is 238 g/mol. The van der Waals surface area contributed by atoms with Crippen molar-refractivity contribution in [2.75, 3.05) is 0 Å². The highest BCUT2D eigenvalue weighted by Crippen LogP contribution is 2.20. The van der Waals surface area contributed by atoms with Crippen LogP contribution in [0, 0.1) is 5.82 Å². The molecule has 0 saturated heterocycles. The molecule has 1 aromatic carbocycles. The van der Waals surface area contributed by atoms with Gasteiger partial charge in [0.2, 0.25) is 0 Å². The minimum absolute atomic E-state index is 0.192. The van der Waals surface area contributed by atoms with Crippen molar-refractivity contribution in [2.45, 2.75) is 4.90 Å². The van der Waals surface area contributed by atoms with Crippen LogP contribution < -0.4 is 0 Å². The van der Waals surface area contributed by atoms with Crippen molar-refractivity contribution in [3.05, 3.63) is 28.5 Å². The summed E-state index contributed by atoms with van der Waals surface area (Å²) in [5.74, 6) is -0.687. The molecule has 0 radical (unpaired) electrons. The molecule has 11 heavy (non-hydrogen) atoms. The average molecular weight is 239 g/mol. The first-order valence-corrected chi connectivity index (χ1v) is 4.58. The van der Waals surface area contributed by atoms with Crippen molar-refractivity contribution in [3.8, 4) is 0 Å². The molecule has 5 heteroatoms. The molecule has 1 unspecified atom stereocenters. The SMILES string of the molecule is O=S(O)c1cccc(Br)c1F. The predicted molar refractivity (Wildman–Crippen MR) is 43.1 cm³/mol. The van der Waals surface area contributed by atoms with Crippen molar-refractivity contribution in [1.82, 2.24) is 0 Å². The Hall–Kier alpha value is -0.260. The Kier molecular flexibility index (Phi) is 2.75. The smallest absolute Gasteiger partial charge is 0.189 e. The molecule has 0 spiro atoms. The fourth-order valence-corrected chi connectivity index (χ4v) is 1.57. The molecule has 0 amide bonds. The normalized spacial score (nSPS) is 13.0. The lowest BCUT2D eigenvalue weighted by Gasteiger charge is -1.97. The number of halogens is 2. The molecule has 0 fully saturated rings. The lowest BCUT2D eigenvalue weighted by Crippen LogP contribution is -1.93. The van der Waals surface area contributed by atoms with E-state index in [1.165, 1.54) is 18.2 Å². The van der Waals surface area contributed by atoms with Gasteiger partial charge in [-0.2, -0.15) is 0 Å². The van der Waals surface area contributed by atoms with E-state index in [9.17, 15) is 8.60 Å². The van der Waals surface area contributed by atoms with E-state index in [0.717, 1.165) is 0 Å². The van der Waals surface area contributed by atoms with Gasteiger partial charge in [-0.15, -0.1) is 0 Å². The fourth-order valence-electron chi connectivity index (χ4n) is 0.619. The molecular formula is C6H4BrFO2S. The van der Waals surface area contributed by atoms with Crippen LogP contribution in [0.15, 0.2) is 27.6 Å². The van der Waals surface area contributed by atoms with Gasteiger partial charge in [-0.3, -0.25) is 0 Å². The predicted octanol–water partition coefficient (Wildman–Crippen LogP) is 2.17. The van der Waals surface area contributed by atoms with Gasteiger partial charge in [0.05, 0.1) is 4.47 Å². The molecule has 0 aliphatic rings. The maximum absolute atomic E-state index is 12.9. The third kappa shape index (κ3) is 1.85. The number of hydrogen-bond acceptors (Lipinski definition) is 1. The molecule has 1 rings (SSSR count). The highest BCUT2D eigenvalue weighted by molar-refractivity contribution is 9.10. The standard InChI is InChI=1S/C6H4BrFO2S/c7-4-2-1-3-5(6(4)8)11(9)10/h1-3H,(H,9,10). The summed E-state index contributed by atoms with van der Waals surface area (Å²) in [6.07, 6.45) is 0. The van der Waals surface area contributed by atoms with Gasteiger partial charge in [-0.25, -0.2) is 8.60 Å². The van der Waals surface area contributed by atoms with Crippen molar-refractivity contribution < 1.29 is 13.2 Å². The zero-order chi connectivity index (χ0) is 8.43. The summed E-state index contributed by atoms with van der Waals surface area (Å²) in [5, 5.41) is 0. The maximum Gasteiger partial charge on any atom is 0.189 e. The van der Waals surface area contributed by atoms with Crippen LogP contribution >= 0.6 is 15.9 Å². The molecule has 0 aliphatic heterocycles. The first-order chi connectivity index (χ1) is 5.13. The third-order valence-electron chi connectivity index (χ3n) is 1.10. The second kappa shape index (κ2) is 3.42. The van der Waals surface area contributed by atoms with Crippen molar-refractivity contribution in [2.24, 2.45) is 0 Å². The van der Waals surface area contributed by atoms with E-state index >= 15 is 0 Å². The Bertz CT molecular complexity index is 303. The van der Waals surface area contributed by atoms with E-state index in [0.29, 0.717) is 0 Å². The van der Waals surface area contributed by atoms with Gasteiger partial charge in [-0.1, -0.05) is 6.07 Å².